The fourth-order valence-corrected chi connectivity index (χ4v) is 0.913. The monoisotopic (exact) mass is 160 g/mol. The topological polar surface area (TPSA) is 28.7 Å². The molecule has 0 fully saturated rings. The van der Waals surface area contributed by atoms with Gasteiger partial charge in [0.2, 0.25) is 0 Å². The van der Waals surface area contributed by atoms with Crippen molar-refractivity contribution in [3.05, 3.63) is 49.1 Å². The zero-order chi connectivity index (χ0) is 8.97. The summed E-state index contributed by atoms with van der Waals surface area (Å²) in [6, 6.07) is 0. The van der Waals surface area contributed by atoms with Crippen LogP contribution >= 0.6 is 0 Å². The second-order valence-electron chi connectivity index (χ2n) is 2.59. The maximum absolute atomic E-state index is 4.10. The zero-order valence-corrected chi connectivity index (χ0v) is 7.17. The molecule has 12 heavy (non-hydrogen) atoms. The molecule has 0 saturated carbocycles. The highest BCUT2D eigenvalue weighted by Crippen LogP contribution is 2.11. The van der Waals surface area contributed by atoms with E-state index < -0.39 is 0 Å². The van der Waals surface area contributed by atoms with E-state index >= 15 is 0 Å². The van der Waals surface area contributed by atoms with Gasteiger partial charge in [0, 0.05) is 18.0 Å². The van der Waals surface area contributed by atoms with E-state index in [9.17, 15) is 0 Å². The molecule has 0 aliphatic carbocycles. The third-order valence-corrected chi connectivity index (χ3v) is 1.39. The average Bonchev–Trinajstić information content (AvgIpc) is 2.51. The van der Waals surface area contributed by atoms with Gasteiger partial charge in [-0.05, 0) is 13.0 Å². The van der Waals surface area contributed by atoms with Crippen LogP contribution in [-0.4, -0.2) is 9.97 Å². The lowest BCUT2D eigenvalue weighted by atomic mass is 10.2. The third-order valence-electron chi connectivity index (χ3n) is 1.39. The molecule has 1 rings (SSSR count). The molecule has 0 unspecified atom stereocenters. The fraction of sp³-hybridized carbons (Fsp3) is 0.100. The first kappa shape index (κ1) is 8.53. The van der Waals surface area contributed by atoms with Crippen molar-refractivity contribution in [2.24, 2.45) is 0 Å². The van der Waals surface area contributed by atoms with E-state index in [1.54, 1.807) is 18.5 Å². The van der Waals surface area contributed by atoms with Crippen molar-refractivity contribution < 1.29 is 0 Å². The minimum absolute atomic E-state index is 0.827. The molecule has 0 saturated heterocycles. The number of allylic oxidation sites excluding steroid dienone is 4. The van der Waals surface area contributed by atoms with Crippen LogP contribution in [0.3, 0.4) is 0 Å². The Morgan fingerprint density at radius 3 is 2.83 bits per heavy atom. The summed E-state index contributed by atoms with van der Waals surface area (Å²) in [6.45, 7) is 9.42. The Balaban J connectivity index is 2.98. The van der Waals surface area contributed by atoms with Crippen LogP contribution in [0.5, 0.6) is 0 Å². The lowest BCUT2D eigenvalue weighted by Gasteiger charge is -1.96. The maximum atomic E-state index is 4.10. The van der Waals surface area contributed by atoms with Crippen molar-refractivity contribution in [1.82, 2.24) is 9.97 Å². The van der Waals surface area contributed by atoms with E-state index in [-0.39, 0.29) is 0 Å². The van der Waals surface area contributed by atoms with Crippen molar-refractivity contribution in [3.63, 3.8) is 0 Å². The third kappa shape index (κ3) is 1.95. The fourth-order valence-electron chi connectivity index (χ4n) is 0.913. The molecule has 0 aliphatic rings. The smallest absolute Gasteiger partial charge is 0.137 e. The standard InChI is InChI=1S/C10H12N2/c1-4-9(7-8(2)3)10-11-5-6-12-10/h4-7H,1-2H2,3H3,(H,11,12)/b9-7+. The number of hydrogen-bond acceptors (Lipinski definition) is 1. The van der Waals surface area contributed by atoms with Gasteiger partial charge in [-0.15, -0.1) is 0 Å². The van der Waals surface area contributed by atoms with Crippen LogP contribution in [0.2, 0.25) is 0 Å². The molecule has 1 heterocycles. The van der Waals surface area contributed by atoms with E-state index in [2.05, 4.69) is 23.1 Å². The molecule has 0 aromatic carbocycles. The Bertz CT molecular complexity index is 305. The Morgan fingerprint density at radius 2 is 2.42 bits per heavy atom. The SMILES string of the molecule is C=C/C(=C\C(=C)C)c1ncc[nH]1. The van der Waals surface area contributed by atoms with Crippen molar-refractivity contribution in [2.75, 3.05) is 0 Å². The molecule has 0 spiro atoms. The van der Waals surface area contributed by atoms with Crippen molar-refractivity contribution in [3.8, 4) is 0 Å². The Morgan fingerprint density at radius 1 is 1.67 bits per heavy atom. The van der Waals surface area contributed by atoms with Crippen LogP contribution in [0, 0.1) is 0 Å². The second-order valence-corrected chi connectivity index (χ2v) is 2.59. The Labute approximate surface area is 72.3 Å². The van der Waals surface area contributed by atoms with Crippen LogP contribution in [0.25, 0.3) is 5.57 Å². The summed E-state index contributed by atoms with van der Waals surface area (Å²) >= 11 is 0. The normalized spacial score (nSPS) is 11.2. The van der Waals surface area contributed by atoms with E-state index in [0.717, 1.165) is 17.0 Å². The highest BCUT2D eigenvalue weighted by atomic mass is 14.9. The number of imidazole rings is 1. The summed E-state index contributed by atoms with van der Waals surface area (Å²) in [5.41, 5.74) is 1.95. The van der Waals surface area contributed by atoms with Crippen LogP contribution in [-0.2, 0) is 0 Å². The van der Waals surface area contributed by atoms with Gasteiger partial charge >= 0.3 is 0 Å². The van der Waals surface area contributed by atoms with E-state index in [1.165, 1.54) is 0 Å². The average molecular weight is 160 g/mol. The van der Waals surface area contributed by atoms with Gasteiger partial charge < -0.3 is 4.98 Å². The molecular weight excluding hydrogens is 148 g/mol. The zero-order valence-electron chi connectivity index (χ0n) is 7.17. The van der Waals surface area contributed by atoms with Gasteiger partial charge in [-0.25, -0.2) is 4.98 Å². The summed E-state index contributed by atoms with van der Waals surface area (Å²) in [5, 5.41) is 0. The van der Waals surface area contributed by atoms with Gasteiger partial charge in [0.05, 0.1) is 0 Å². The summed E-state index contributed by atoms with van der Waals surface area (Å²) in [5.74, 6) is 0.827. The molecule has 2 heteroatoms. The molecule has 62 valence electrons. The molecule has 1 aromatic rings. The minimum atomic E-state index is 0.827. The van der Waals surface area contributed by atoms with Crippen LogP contribution < -0.4 is 0 Å². The van der Waals surface area contributed by atoms with E-state index in [4.69, 9.17) is 0 Å². The first-order chi connectivity index (χ1) is 5.74. The van der Waals surface area contributed by atoms with Crippen LogP contribution in [0.4, 0.5) is 0 Å². The summed E-state index contributed by atoms with van der Waals surface area (Å²) in [6.07, 6.45) is 7.19. The lowest BCUT2D eigenvalue weighted by molar-refractivity contribution is 1.24. The molecule has 1 aromatic heterocycles. The first-order valence-corrected chi connectivity index (χ1v) is 3.73. The van der Waals surface area contributed by atoms with Gasteiger partial charge in [-0.1, -0.05) is 24.8 Å². The highest BCUT2D eigenvalue weighted by Gasteiger charge is 1.97. The van der Waals surface area contributed by atoms with E-state index in [0.29, 0.717) is 0 Å². The number of aromatic nitrogens is 2. The number of aromatic amines is 1. The first-order valence-electron chi connectivity index (χ1n) is 3.73. The molecule has 1 N–H and O–H groups in total. The molecular formula is C10H12N2. The number of nitrogens with zero attached hydrogens (tertiary/aromatic N) is 1. The number of hydrogen-bond donors (Lipinski definition) is 1. The quantitative estimate of drug-likeness (QED) is 0.676. The lowest BCUT2D eigenvalue weighted by Crippen LogP contribution is -1.83. The Kier molecular flexibility index (Phi) is 2.64. The largest absolute Gasteiger partial charge is 0.345 e. The second kappa shape index (κ2) is 3.72. The molecule has 0 amide bonds. The summed E-state index contributed by atoms with van der Waals surface area (Å²) in [4.78, 5) is 7.11. The van der Waals surface area contributed by atoms with Gasteiger partial charge in [-0.3, -0.25) is 0 Å². The molecule has 0 aliphatic heterocycles. The summed E-state index contributed by atoms with van der Waals surface area (Å²) < 4.78 is 0. The maximum Gasteiger partial charge on any atom is 0.137 e. The van der Waals surface area contributed by atoms with Crippen LogP contribution in [0.1, 0.15) is 12.7 Å². The number of nitrogens with one attached hydrogen (secondary N) is 1. The predicted octanol–water partition coefficient (Wildman–Crippen LogP) is 2.56. The van der Waals surface area contributed by atoms with Gasteiger partial charge in [0.15, 0.2) is 0 Å². The minimum Gasteiger partial charge on any atom is -0.345 e. The Hall–Kier alpha value is -1.57. The van der Waals surface area contributed by atoms with Crippen molar-refractivity contribution in [1.29, 1.82) is 0 Å². The van der Waals surface area contributed by atoms with E-state index in [1.807, 2.05) is 13.0 Å². The van der Waals surface area contributed by atoms with Crippen molar-refractivity contribution in [2.45, 2.75) is 6.92 Å². The molecule has 0 atom stereocenters. The van der Waals surface area contributed by atoms with Crippen LogP contribution in [0.15, 0.2) is 43.3 Å². The van der Waals surface area contributed by atoms with Crippen molar-refractivity contribution >= 4 is 5.57 Å². The number of rotatable bonds is 3. The summed E-state index contributed by atoms with van der Waals surface area (Å²) in [7, 11) is 0. The predicted molar refractivity (Wildman–Crippen MR) is 51.6 cm³/mol. The van der Waals surface area contributed by atoms with Gasteiger partial charge in [-0.2, -0.15) is 0 Å². The van der Waals surface area contributed by atoms with Gasteiger partial charge in [0.25, 0.3) is 0 Å². The molecule has 0 bridgehead atoms. The molecule has 0 radical (unpaired) electrons. The molecule has 2 nitrogen and oxygen atoms in total. The van der Waals surface area contributed by atoms with Gasteiger partial charge in [0.1, 0.15) is 5.82 Å². The number of H-pyrrole nitrogens is 1. The highest BCUT2D eigenvalue weighted by molar-refractivity contribution is 5.70.